The molecule has 1 amide bonds. The predicted molar refractivity (Wildman–Crippen MR) is 94.4 cm³/mol. The molecule has 23 heavy (non-hydrogen) atoms. The standard InChI is InChI=1S/C15H10Br2N2O3S/c1-8(22-15(21)12-6-10(16)13(17)23-12)14(20)19-11-5-3-2-4-9(11)7-18/h2-6,8H,1H3,(H,19,20). The Kier molecular flexibility index (Phi) is 5.93. The molecule has 0 aliphatic carbocycles. The van der Waals surface area contributed by atoms with Crippen molar-refractivity contribution < 1.29 is 14.3 Å². The van der Waals surface area contributed by atoms with Gasteiger partial charge in [-0.2, -0.15) is 5.26 Å². The van der Waals surface area contributed by atoms with Crippen LogP contribution >= 0.6 is 43.2 Å². The molecule has 0 aliphatic heterocycles. The third-order valence-electron chi connectivity index (χ3n) is 2.80. The van der Waals surface area contributed by atoms with Gasteiger partial charge in [-0.05, 0) is 57.0 Å². The molecule has 1 N–H and O–H groups in total. The second-order valence-corrected chi connectivity index (χ2v) is 7.65. The van der Waals surface area contributed by atoms with Gasteiger partial charge in [-0.3, -0.25) is 4.79 Å². The lowest BCUT2D eigenvalue weighted by Crippen LogP contribution is -2.30. The van der Waals surface area contributed by atoms with E-state index in [4.69, 9.17) is 10.00 Å². The lowest BCUT2D eigenvalue weighted by atomic mass is 10.2. The van der Waals surface area contributed by atoms with Gasteiger partial charge in [-0.1, -0.05) is 12.1 Å². The fourth-order valence-electron chi connectivity index (χ4n) is 1.64. The average Bonchev–Trinajstić information content (AvgIpc) is 2.87. The highest BCUT2D eigenvalue weighted by atomic mass is 79.9. The molecule has 1 unspecified atom stereocenters. The molecule has 0 spiro atoms. The van der Waals surface area contributed by atoms with Crippen LogP contribution in [0.25, 0.3) is 0 Å². The summed E-state index contributed by atoms with van der Waals surface area (Å²) in [5.41, 5.74) is 0.718. The van der Waals surface area contributed by atoms with E-state index in [-0.39, 0.29) is 0 Å². The van der Waals surface area contributed by atoms with E-state index in [9.17, 15) is 9.59 Å². The smallest absolute Gasteiger partial charge is 0.349 e. The van der Waals surface area contributed by atoms with Gasteiger partial charge < -0.3 is 10.1 Å². The van der Waals surface area contributed by atoms with E-state index in [2.05, 4.69) is 37.2 Å². The van der Waals surface area contributed by atoms with E-state index in [0.29, 0.717) is 16.1 Å². The molecule has 1 aromatic heterocycles. The summed E-state index contributed by atoms with van der Waals surface area (Å²) in [5.74, 6) is -1.09. The number of ether oxygens (including phenoxy) is 1. The molecule has 8 heteroatoms. The predicted octanol–water partition coefficient (Wildman–Crippen LogP) is 4.33. The van der Waals surface area contributed by atoms with Crippen molar-refractivity contribution in [3.05, 3.63) is 49.0 Å². The normalized spacial score (nSPS) is 11.4. The maximum absolute atomic E-state index is 12.1. The summed E-state index contributed by atoms with van der Waals surface area (Å²) in [6.07, 6.45) is -0.992. The molecule has 118 valence electrons. The van der Waals surface area contributed by atoms with Gasteiger partial charge in [0.25, 0.3) is 5.91 Å². The van der Waals surface area contributed by atoms with Gasteiger partial charge in [0.2, 0.25) is 0 Å². The van der Waals surface area contributed by atoms with E-state index >= 15 is 0 Å². The van der Waals surface area contributed by atoms with Crippen molar-refractivity contribution in [1.29, 1.82) is 5.26 Å². The number of hydrogen-bond donors (Lipinski definition) is 1. The number of nitrogens with one attached hydrogen (secondary N) is 1. The summed E-state index contributed by atoms with van der Waals surface area (Å²) >= 11 is 7.79. The van der Waals surface area contributed by atoms with Gasteiger partial charge in [0.15, 0.2) is 6.10 Å². The Morgan fingerprint density at radius 1 is 1.35 bits per heavy atom. The van der Waals surface area contributed by atoms with Gasteiger partial charge >= 0.3 is 5.97 Å². The number of nitrogens with zero attached hydrogens (tertiary/aromatic N) is 1. The van der Waals surface area contributed by atoms with E-state index in [0.717, 1.165) is 8.26 Å². The van der Waals surface area contributed by atoms with Crippen molar-refractivity contribution in [3.8, 4) is 6.07 Å². The minimum atomic E-state index is -0.992. The van der Waals surface area contributed by atoms with Crippen molar-refractivity contribution in [1.82, 2.24) is 0 Å². The number of carbonyl (C=O) groups is 2. The number of thiophene rings is 1. The minimum absolute atomic E-state index is 0.338. The molecule has 2 rings (SSSR count). The Labute approximate surface area is 153 Å². The van der Waals surface area contributed by atoms with Gasteiger partial charge in [-0.25, -0.2) is 4.79 Å². The number of carbonyl (C=O) groups excluding carboxylic acids is 2. The van der Waals surface area contributed by atoms with Crippen LogP contribution in [0, 0.1) is 11.3 Å². The SMILES string of the molecule is CC(OC(=O)c1cc(Br)c(Br)s1)C(=O)Nc1ccccc1C#N. The minimum Gasteiger partial charge on any atom is -0.448 e. The van der Waals surface area contributed by atoms with Crippen LogP contribution in [-0.4, -0.2) is 18.0 Å². The molecule has 0 bridgehead atoms. The third-order valence-corrected chi connectivity index (χ3v) is 6.04. The third kappa shape index (κ3) is 4.41. The summed E-state index contributed by atoms with van der Waals surface area (Å²) in [6.45, 7) is 1.47. The van der Waals surface area contributed by atoms with Crippen LogP contribution in [0.15, 0.2) is 38.6 Å². The number of anilines is 1. The summed E-state index contributed by atoms with van der Waals surface area (Å²) in [4.78, 5) is 24.5. The van der Waals surface area contributed by atoms with Gasteiger partial charge in [0.1, 0.15) is 10.9 Å². The Morgan fingerprint density at radius 2 is 2.04 bits per heavy atom. The number of rotatable bonds is 4. The van der Waals surface area contributed by atoms with Crippen molar-refractivity contribution in [2.45, 2.75) is 13.0 Å². The van der Waals surface area contributed by atoms with Crippen molar-refractivity contribution >= 4 is 60.8 Å². The number of esters is 1. The Bertz CT molecular complexity index is 779. The molecular formula is C15H10Br2N2O3S. The van der Waals surface area contributed by atoms with Crippen LogP contribution in [0.1, 0.15) is 22.2 Å². The molecular weight excluding hydrogens is 448 g/mol. The van der Waals surface area contributed by atoms with Crippen LogP contribution in [0.5, 0.6) is 0 Å². The number of halogens is 2. The second kappa shape index (κ2) is 7.73. The van der Waals surface area contributed by atoms with Crippen molar-refractivity contribution in [3.63, 3.8) is 0 Å². The first-order valence-corrected chi connectivity index (χ1v) is 8.78. The lowest BCUT2D eigenvalue weighted by Gasteiger charge is -2.13. The maximum atomic E-state index is 12.1. The molecule has 0 fully saturated rings. The summed E-state index contributed by atoms with van der Waals surface area (Å²) < 4.78 is 6.66. The number of benzene rings is 1. The molecule has 0 saturated heterocycles. The van der Waals surface area contributed by atoms with E-state index in [1.165, 1.54) is 18.3 Å². The maximum Gasteiger partial charge on any atom is 0.349 e. The molecule has 0 radical (unpaired) electrons. The number of amides is 1. The van der Waals surface area contributed by atoms with E-state index < -0.39 is 18.0 Å². The highest BCUT2D eigenvalue weighted by molar-refractivity contribution is 9.13. The highest BCUT2D eigenvalue weighted by Crippen LogP contribution is 2.32. The zero-order valence-corrected chi connectivity index (χ0v) is 15.8. The van der Waals surface area contributed by atoms with Gasteiger partial charge in [-0.15, -0.1) is 11.3 Å². The summed E-state index contributed by atoms with van der Waals surface area (Å²) in [5, 5.41) is 11.6. The molecule has 0 saturated carbocycles. The molecule has 1 aromatic carbocycles. The Hall–Kier alpha value is -1.69. The summed E-state index contributed by atoms with van der Waals surface area (Å²) in [6, 6.07) is 10.2. The quantitative estimate of drug-likeness (QED) is 0.693. The van der Waals surface area contributed by atoms with Gasteiger partial charge in [0, 0.05) is 4.47 Å². The molecule has 0 aliphatic rings. The molecule has 2 aromatic rings. The van der Waals surface area contributed by atoms with Crippen LogP contribution in [0.3, 0.4) is 0 Å². The van der Waals surface area contributed by atoms with Crippen LogP contribution < -0.4 is 5.32 Å². The second-order valence-electron chi connectivity index (χ2n) is 4.43. The monoisotopic (exact) mass is 456 g/mol. The topological polar surface area (TPSA) is 79.2 Å². The number of nitriles is 1. The zero-order valence-electron chi connectivity index (χ0n) is 11.8. The van der Waals surface area contributed by atoms with Crippen LogP contribution in [0.2, 0.25) is 0 Å². The van der Waals surface area contributed by atoms with Crippen LogP contribution in [-0.2, 0) is 9.53 Å². The first-order valence-electron chi connectivity index (χ1n) is 6.38. The lowest BCUT2D eigenvalue weighted by molar-refractivity contribution is -0.123. The Balaban J connectivity index is 2.03. The first kappa shape index (κ1) is 17.7. The summed E-state index contributed by atoms with van der Waals surface area (Å²) in [7, 11) is 0. The number of hydrogen-bond acceptors (Lipinski definition) is 5. The van der Waals surface area contributed by atoms with E-state index in [1.807, 2.05) is 6.07 Å². The van der Waals surface area contributed by atoms with Crippen molar-refractivity contribution in [2.24, 2.45) is 0 Å². The largest absolute Gasteiger partial charge is 0.448 e. The molecule has 5 nitrogen and oxygen atoms in total. The molecule has 1 atom stereocenters. The van der Waals surface area contributed by atoms with Gasteiger partial charge in [0.05, 0.1) is 15.0 Å². The number of para-hydroxylation sites is 1. The fourth-order valence-corrected chi connectivity index (χ4v) is 3.56. The fraction of sp³-hybridized carbons (Fsp3) is 0.133. The Morgan fingerprint density at radius 3 is 2.65 bits per heavy atom. The van der Waals surface area contributed by atoms with E-state index in [1.54, 1.807) is 30.3 Å². The average molecular weight is 458 g/mol. The molecule has 1 heterocycles. The van der Waals surface area contributed by atoms with Crippen LogP contribution in [0.4, 0.5) is 5.69 Å². The first-order chi connectivity index (χ1) is 10.9. The highest BCUT2D eigenvalue weighted by Gasteiger charge is 2.21. The van der Waals surface area contributed by atoms with Crippen molar-refractivity contribution in [2.75, 3.05) is 5.32 Å². The zero-order chi connectivity index (χ0) is 17.0.